The second-order valence-electron chi connectivity index (χ2n) is 15.8. The predicted molar refractivity (Wildman–Crippen MR) is 230 cm³/mol. The molecule has 1 heterocycles. The maximum Gasteiger partial charge on any atom is 0.220 e. The molecule has 0 spiro atoms. The summed E-state index contributed by atoms with van der Waals surface area (Å²) in [6.07, 6.45) is 39.7. The van der Waals surface area contributed by atoms with Crippen molar-refractivity contribution in [3.8, 4) is 0 Å². The number of unbranched alkanes of at least 4 members (excludes halogenated alkanes) is 19. The number of aliphatic hydroxyl groups is 5. The first-order valence-electron chi connectivity index (χ1n) is 22.8. The molecule has 1 rings (SSSR count). The molecule has 7 unspecified atom stereocenters. The molecule has 1 fully saturated rings. The first kappa shape index (κ1) is 52.2. The molecule has 0 aromatic heterocycles. The van der Waals surface area contributed by atoms with E-state index >= 15 is 0 Å². The van der Waals surface area contributed by atoms with Crippen LogP contribution in [0, 0.1) is 0 Å². The van der Waals surface area contributed by atoms with Crippen LogP contribution in [0.3, 0.4) is 0 Å². The quantitative estimate of drug-likeness (QED) is 0.0269. The van der Waals surface area contributed by atoms with Crippen LogP contribution in [-0.2, 0) is 14.3 Å². The number of nitrogens with one attached hydrogen (secondary N) is 1. The average molecular weight is 792 g/mol. The summed E-state index contributed by atoms with van der Waals surface area (Å²) in [5, 5.41) is 54.3. The van der Waals surface area contributed by atoms with Gasteiger partial charge in [0.1, 0.15) is 24.4 Å². The second-order valence-corrected chi connectivity index (χ2v) is 15.8. The maximum absolute atomic E-state index is 13.0. The van der Waals surface area contributed by atoms with E-state index in [-0.39, 0.29) is 12.5 Å². The molecule has 56 heavy (non-hydrogen) atoms. The highest BCUT2D eigenvalue weighted by Crippen LogP contribution is 2.23. The van der Waals surface area contributed by atoms with E-state index in [1.165, 1.54) is 83.5 Å². The molecule has 0 aromatic carbocycles. The minimum atomic E-state index is -1.56. The van der Waals surface area contributed by atoms with Gasteiger partial charge in [0.25, 0.3) is 0 Å². The minimum absolute atomic E-state index is 0.149. The molecule has 9 nitrogen and oxygen atoms in total. The molecule has 0 aromatic rings. The van der Waals surface area contributed by atoms with Crippen LogP contribution in [0.2, 0.25) is 0 Å². The van der Waals surface area contributed by atoms with E-state index in [1.807, 2.05) is 0 Å². The Labute approximate surface area is 342 Å². The van der Waals surface area contributed by atoms with Crippen LogP contribution in [0.1, 0.15) is 187 Å². The Hall–Kier alpha value is -1.85. The van der Waals surface area contributed by atoms with E-state index in [4.69, 9.17) is 9.47 Å². The standard InChI is InChI=1S/C47H85NO8/c1-3-5-7-9-11-13-15-17-19-21-23-25-27-29-31-33-35-37-43(51)48-40(39-55-47-46(54)45(53)44(52)42(38-49)56-47)41(50)36-34-32-30-28-26-24-22-20-18-16-14-12-10-8-6-4-2/h5,7,11,13,17,19,23,25,40-42,44-47,49-50,52-54H,3-4,6,8-10,12,14-16,18,20-22,24,26-39H2,1-2H3,(H,48,51)/b7-5-,13-11-,19-17-,25-23-. The van der Waals surface area contributed by atoms with Crippen molar-refractivity contribution in [2.24, 2.45) is 0 Å². The summed E-state index contributed by atoms with van der Waals surface area (Å²) in [5.74, 6) is -0.169. The monoisotopic (exact) mass is 792 g/mol. The number of hydrogen-bond donors (Lipinski definition) is 6. The van der Waals surface area contributed by atoms with Gasteiger partial charge in [0.2, 0.25) is 5.91 Å². The van der Waals surface area contributed by atoms with Gasteiger partial charge >= 0.3 is 0 Å². The molecule has 6 N–H and O–H groups in total. The molecule has 0 saturated carbocycles. The first-order chi connectivity index (χ1) is 27.3. The number of rotatable bonds is 37. The average Bonchev–Trinajstić information content (AvgIpc) is 3.20. The Morgan fingerprint density at radius 1 is 0.625 bits per heavy atom. The lowest BCUT2D eigenvalue weighted by Crippen LogP contribution is -2.60. The van der Waals surface area contributed by atoms with Gasteiger partial charge in [-0.3, -0.25) is 4.79 Å². The molecule has 7 atom stereocenters. The van der Waals surface area contributed by atoms with Crippen molar-refractivity contribution in [1.82, 2.24) is 5.32 Å². The van der Waals surface area contributed by atoms with Crippen molar-refractivity contribution < 1.29 is 39.8 Å². The van der Waals surface area contributed by atoms with Crippen molar-refractivity contribution in [2.75, 3.05) is 13.2 Å². The fourth-order valence-corrected chi connectivity index (χ4v) is 7.03. The van der Waals surface area contributed by atoms with E-state index in [1.54, 1.807) is 0 Å². The number of amides is 1. The van der Waals surface area contributed by atoms with Crippen LogP contribution < -0.4 is 5.32 Å². The summed E-state index contributed by atoms with van der Waals surface area (Å²) in [6.45, 7) is 3.70. The normalized spacial score (nSPS) is 21.6. The Kier molecular flexibility index (Phi) is 34.9. The summed E-state index contributed by atoms with van der Waals surface area (Å²) >= 11 is 0. The molecule has 0 aliphatic carbocycles. The number of allylic oxidation sites excluding steroid dienone is 8. The Bertz CT molecular complexity index is 1010. The topological polar surface area (TPSA) is 149 Å². The minimum Gasteiger partial charge on any atom is -0.394 e. The Morgan fingerprint density at radius 2 is 1.11 bits per heavy atom. The van der Waals surface area contributed by atoms with Crippen molar-refractivity contribution in [2.45, 2.75) is 230 Å². The maximum atomic E-state index is 13.0. The number of hydrogen-bond acceptors (Lipinski definition) is 8. The molecule has 326 valence electrons. The summed E-state index contributed by atoms with van der Waals surface area (Å²) in [4.78, 5) is 13.0. The molecule has 0 radical (unpaired) electrons. The lowest BCUT2D eigenvalue weighted by atomic mass is 9.99. The molecule has 0 bridgehead atoms. The number of aliphatic hydroxyl groups excluding tert-OH is 5. The van der Waals surface area contributed by atoms with Crippen molar-refractivity contribution in [3.05, 3.63) is 48.6 Å². The molecule has 1 amide bonds. The zero-order chi connectivity index (χ0) is 40.9. The fraction of sp³-hybridized carbons (Fsp3) is 0.809. The van der Waals surface area contributed by atoms with Gasteiger partial charge in [-0.25, -0.2) is 0 Å². The van der Waals surface area contributed by atoms with Crippen LogP contribution in [0.15, 0.2) is 48.6 Å². The molecule has 1 aliphatic rings. The van der Waals surface area contributed by atoms with Gasteiger partial charge in [-0.05, 0) is 51.4 Å². The highest BCUT2D eigenvalue weighted by Gasteiger charge is 2.44. The van der Waals surface area contributed by atoms with Crippen LogP contribution >= 0.6 is 0 Å². The number of ether oxygens (including phenoxy) is 2. The van der Waals surface area contributed by atoms with Gasteiger partial charge in [-0.15, -0.1) is 0 Å². The fourth-order valence-electron chi connectivity index (χ4n) is 7.03. The van der Waals surface area contributed by atoms with E-state index in [2.05, 4.69) is 67.8 Å². The van der Waals surface area contributed by atoms with Crippen molar-refractivity contribution in [1.29, 1.82) is 0 Å². The SMILES string of the molecule is CC/C=C\C/C=C\C/C=C\C/C=C\CCCCCCC(=O)NC(COC1OC(CO)C(O)C(O)C1O)C(O)CCCCCCCCCCCCCCCCCC. The van der Waals surface area contributed by atoms with Gasteiger partial charge < -0.3 is 40.3 Å². The number of carbonyl (C=O) groups is 1. The smallest absolute Gasteiger partial charge is 0.220 e. The lowest BCUT2D eigenvalue weighted by molar-refractivity contribution is -0.302. The summed E-state index contributed by atoms with van der Waals surface area (Å²) in [5.41, 5.74) is 0. The van der Waals surface area contributed by atoms with Gasteiger partial charge in [0.15, 0.2) is 6.29 Å². The molecule has 1 aliphatic heterocycles. The highest BCUT2D eigenvalue weighted by atomic mass is 16.7. The Morgan fingerprint density at radius 3 is 1.64 bits per heavy atom. The summed E-state index contributed by atoms with van der Waals surface area (Å²) in [7, 11) is 0. The molecule has 9 heteroatoms. The lowest BCUT2D eigenvalue weighted by Gasteiger charge is -2.40. The first-order valence-corrected chi connectivity index (χ1v) is 22.8. The van der Waals surface area contributed by atoms with Gasteiger partial charge in [0.05, 0.1) is 25.4 Å². The molecule has 1 saturated heterocycles. The van der Waals surface area contributed by atoms with E-state index < -0.39 is 49.5 Å². The van der Waals surface area contributed by atoms with E-state index in [9.17, 15) is 30.3 Å². The number of carbonyl (C=O) groups excluding carboxylic acids is 1. The second kappa shape index (κ2) is 37.4. The summed E-state index contributed by atoms with van der Waals surface area (Å²) in [6, 6.07) is -0.732. The van der Waals surface area contributed by atoms with Gasteiger partial charge in [0, 0.05) is 6.42 Å². The Balaban J connectivity index is 2.36. The third-order valence-corrected chi connectivity index (χ3v) is 10.7. The highest BCUT2D eigenvalue weighted by molar-refractivity contribution is 5.76. The largest absolute Gasteiger partial charge is 0.394 e. The molecular formula is C47H85NO8. The van der Waals surface area contributed by atoms with Crippen LogP contribution in [0.5, 0.6) is 0 Å². The zero-order valence-corrected chi connectivity index (χ0v) is 35.6. The predicted octanol–water partition coefficient (Wildman–Crippen LogP) is 9.45. The summed E-state index contributed by atoms with van der Waals surface area (Å²) < 4.78 is 11.2. The third kappa shape index (κ3) is 27.7. The van der Waals surface area contributed by atoms with Crippen LogP contribution in [0.25, 0.3) is 0 Å². The van der Waals surface area contributed by atoms with Crippen LogP contribution in [0.4, 0.5) is 0 Å². The van der Waals surface area contributed by atoms with E-state index in [0.717, 1.165) is 77.0 Å². The van der Waals surface area contributed by atoms with Gasteiger partial charge in [-0.2, -0.15) is 0 Å². The van der Waals surface area contributed by atoms with Gasteiger partial charge in [-0.1, -0.05) is 178 Å². The van der Waals surface area contributed by atoms with Crippen molar-refractivity contribution >= 4 is 5.91 Å². The van der Waals surface area contributed by atoms with Crippen molar-refractivity contribution in [3.63, 3.8) is 0 Å². The van der Waals surface area contributed by atoms with E-state index in [0.29, 0.717) is 12.8 Å². The third-order valence-electron chi connectivity index (χ3n) is 10.7. The van der Waals surface area contributed by atoms with Crippen LogP contribution in [-0.4, -0.2) is 87.5 Å². The molecular weight excluding hydrogens is 707 g/mol. The zero-order valence-electron chi connectivity index (χ0n) is 35.6.